The number of piperidine rings is 1. The predicted molar refractivity (Wildman–Crippen MR) is 110 cm³/mol. The predicted octanol–water partition coefficient (Wildman–Crippen LogP) is 2.65. The van der Waals surface area contributed by atoms with Crippen LogP contribution in [0.2, 0.25) is 5.02 Å². The molecule has 1 fully saturated rings. The van der Waals surface area contributed by atoms with Gasteiger partial charge in [0.05, 0.1) is 5.92 Å². The maximum atomic E-state index is 12.6. The zero-order chi connectivity index (χ0) is 19.7. The van der Waals surface area contributed by atoms with Gasteiger partial charge in [0.25, 0.3) is 5.56 Å². The minimum Gasteiger partial charge on any atom is -0.352 e. The van der Waals surface area contributed by atoms with Gasteiger partial charge in [-0.15, -0.1) is 5.10 Å². The zero-order valence-electron chi connectivity index (χ0n) is 15.4. The standard InChI is InChI=1S/C19H20ClN5O2S/c1-12-9-16(26)25-18(22-12)28-19(23-25)24-8-2-3-14(11-24)17(27)21-10-13-4-6-15(20)7-5-13/h4-7,9,14H,2-3,8,10-11H2,1H3,(H,21,27)/t14-/m0/s1. The minimum atomic E-state index is -0.181. The average Bonchev–Trinajstić information content (AvgIpc) is 3.12. The van der Waals surface area contributed by atoms with E-state index in [0.29, 0.717) is 28.8 Å². The van der Waals surface area contributed by atoms with Gasteiger partial charge < -0.3 is 10.2 Å². The van der Waals surface area contributed by atoms with E-state index in [1.54, 1.807) is 6.92 Å². The van der Waals surface area contributed by atoms with Crippen molar-refractivity contribution in [3.63, 3.8) is 0 Å². The van der Waals surface area contributed by atoms with Gasteiger partial charge in [0.1, 0.15) is 0 Å². The Balaban J connectivity index is 1.43. The van der Waals surface area contributed by atoms with Crippen molar-refractivity contribution in [1.29, 1.82) is 0 Å². The molecule has 0 saturated carbocycles. The Morgan fingerprint density at radius 2 is 2.14 bits per heavy atom. The molecule has 1 aromatic carbocycles. The minimum absolute atomic E-state index is 0.0342. The van der Waals surface area contributed by atoms with Crippen molar-refractivity contribution in [2.45, 2.75) is 26.3 Å². The van der Waals surface area contributed by atoms with Crippen molar-refractivity contribution in [2.75, 3.05) is 18.0 Å². The maximum absolute atomic E-state index is 12.6. The highest BCUT2D eigenvalue weighted by Gasteiger charge is 2.27. The molecule has 0 unspecified atom stereocenters. The van der Waals surface area contributed by atoms with E-state index in [4.69, 9.17) is 11.6 Å². The maximum Gasteiger partial charge on any atom is 0.275 e. The molecule has 3 aromatic rings. The van der Waals surface area contributed by atoms with Crippen LogP contribution in [0.15, 0.2) is 35.1 Å². The molecule has 1 amide bonds. The number of hydrogen-bond acceptors (Lipinski definition) is 6. The first-order chi connectivity index (χ1) is 13.5. The van der Waals surface area contributed by atoms with Gasteiger partial charge >= 0.3 is 0 Å². The second-order valence-electron chi connectivity index (χ2n) is 6.94. The molecule has 1 aliphatic rings. The number of fused-ring (bicyclic) bond motifs is 1. The van der Waals surface area contributed by atoms with Crippen LogP contribution < -0.4 is 15.8 Å². The summed E-state index contributed by atoms with van der Waals surface area (Å²) >= 11 is 7.27. The summed E-state index contributed by atoms with van der Waals surface area (Å²) in [5.74, 6) is -0.0774. The number of rotatable bonds is 4. The van der Waals surface area contributed by atoms with Crippen LogP contribution in [0.4, 0.5) is 5.13 Å². The van der Waals surface area contributed by atoms with Gasteiger partial charge in [-0.3, -0.25) is 9.59 Å². The highest BCUT2D eigenvalue weighted by molar-refractivity contribution is 7.20. The van der Waals surface area contributed by atoms with Gasteiger partial charge in [-0.25, -0.2) is 4.98 Å². The number of anilines is 1. The molecule has 1 aliphatic heterocycles. The molecule has 9 heteroatoms. The summed E-state index contributed by atoms with van der Waals surface area (Å²) in [6.45, 7) is 3.67. The second-order valence-corrected chi connectivity index (χ2v) is 8.32. The van der Waals surface area contributed by atoms with Crippen LogP contribution >= 0.6 is 22.9 Å². The lowest BCUT2D eigenvalue weighted by Gasteiger charge is -2.31. The number of hydrogen-bond donors (Lipinski definition) is 1. The summed E-state index contributed by atoms with van der Waals surface area (Å²) in [4.78, 5) is 31.8. The van der Waals surface area contributed by atoms with E-state index in [2.05, 4.69) is 20.3 Å². The molecule has 1 saturated heterocycles. The molecule has 1 atom stereocenters. The summed E-state index contributed by atoms with van der Waals surface area (Å²) < 4.78 is 1.33. The molecule has 3 heterocycles. The van der Waals surface area contributed by atoms with Crippen molar-refractivity contribution in [1.82, 2.24) is 19.9 Å². The number of nitrogens with one attached hydrogen (secondary N) is 1. The Labute approximate surface area is 171 Å². The number of benzene rings is 1. The third-order valence-corrected chi connectivity index (χ3v) is 6.03. The molecular formula is C19H20ClN5O2S. The van der Waals surface area contributed by atoms with Gasteiger partial charge in [0.2, 0.25) is 16.0 Å². The SMILES string of the molecule is Cc1cc(=O)n2nc(N3CCC[C@H](C(=O)NCc4ccc(Cl)cc4)C3)sc2n1. The monoisotopic (exact) mass is 417 g/mol. The summed E-state index contributed by atoms with van der Waals surface area (Å²) in [7, 11) is 0. The number of halogens is 1. The topological polar surface area (TPSA) is 79.6 Å². The Morgan fingerprint density at radius 3 is 2.93 bits per heavy atom. The van der Waals surface area contributed by atoms with Gasteiger partial charge in [0.15, 0.2) is 0 Å². The highest BCUT2D eigenvalue weighted by Crippen LogP contribution is 2.27. The lowest BCUT2D eigenvalue weighted by atomic mass is 9.97. The molecule has 4 rings (SSSR count). The van der Waals surface area contributed by atoms with Crippen LogP contribution in [0, 0.1) is 12.8 Å². The number of carbonyl (C=O) groups is 1. The summed E-state index contributed by atoms with van der Waals surface area (Å²) in [5, 5.41) is 8.83. The fourth-order valence-electron chi connectivity index (χ4n) is 3.34. The second kappa shape index (κ2) is 7.89. The van der Waals surface area contributed by atoms with Crippen LogP contribution in [-0.4, -0.2) is 33.6 Å². The van der Waals surface area contributed by atoms with Crippen LogP contribution in [0.1, 0.15) is 24.1 Å². The fourth-order valence-corrected chi connectivity index (χ4v) is 4.45. The molecule has 0 radical (unpaired) electrons. The van der Waals surface area contributed by atoms with Crippen LogP contribution in [0.25, 0.3) is 4.96 Å². The molecule has 0 aliphatic carbocycles. The van der Waals surface area contributed by atoms with Crippen LogP contribution in [-0.2, 0) is 11.3 Å². The molecule has 146 valence electrons. The van der Waals surface area contributed by atoms with E-state index in [9.17, 15) is 9.59 Å². The molecule has 0 spiro atoms. The van der Waals surface area contributed by atoms with E-state index >= 15 is 0 Å². The van der Waals surface area contributed by atoms with Crippen molar-refractivity contribution in [3.05, 3.63) is 57.0 Å². The molecule has 1 N–H and O–H groups in total. The average molecular weight is 418 g/mol. The Bertz CT molecular complexity index is 1060. The van der Waals surface area contributed by atoms with Crippen LogP contribution in [0.3, 0.4) is 0 Å². The summed E-state index contributed by atoms with van der Waals surface area (Å²) in [6, 6.07) is 8.92. The van der Waals surface area contributed by atoms with Gasteiger partial charge in [-0.05, 0) is 37.5 Å². The number of aromatic nitrogens is 3. The molecule has 0 bridgehead atoms. The van der Waals surface area contributed by atoms with Crippen molar-refractivity contribution >= 4 is 38.9 Å². The summed E-state index contributed by atoms with van der Waals surface area (Å²) in [5.41, 5.74) is 1.51. The number of nitrogens with zero attached hydrogens (tertiary/aromatic N) is 4. The first-order valence-electron chi connectivity index (χ1n) is 9.14. The first-order valence-corrected chi connectivity index (χ1v) is 10.3. The Kier molecular flexibility index (Phi) is 5.32. The first kappa shape index (κ1) is 18.9. The van der Waals surface area contributed by atoms with Crippen molar-refractivity contribution in [3.8, 4) is 0 Å². The third-order valence-electron chi connectivity index (χ3n) is 4.81. The quantitative estimate of drug-likeness (QED) is 0.705. The Hall–Kier alpha value is -2.45. The van der Waals surface area contributed by atoms with E-state index in [-0.39, 0.29) is 17.4 Å². The largest absolute Gasteiger partial charge is 0.352 e. The smallest absolute Gasteiger partial charge is 0.275 e. The zero-order valence-corrected chi connectivity index (χ0v) is 17.0. The molecule has 28 heavy (non-hydrogen) atoms. The number of aryl methyl sites for hydroxylation is 1. The normalized spacial score (nSPS) is 17.1. The lowest BCUT2D eigenvalue weighted by Crippen LogP contribution is -2.43. The summed E-state index contributed by atoms with van der Waals surface area (Å²) in [6.07, 6.45) is 1.74. The van der Waals surface area contributed by atoms with E-state index in [0.717, 1.165) is 30.1 Å². The molecular weight excluding hydrogens is 398 g/mol. The molecule has 2 aromatic heterocycles. The fraction of sp³-hybridized carbons (Fsp3) is 0.368. The van der Waals surface area contributed by atoms with E-state index in [1.807, 2.05) is 24.3 Å². The van der Waals surface area contributed by atoms with E-state index < -0.39 is 0 Å². The lowest BCUT2D eigenvalue weighted by molar-refractivity contribution is -0.125. The Morgan fingerprint density at radius 1 is 1.36 bits per heavy atom. The van der Waals surface area contributed by atoms with Gasteiger partial charge in [-0.1, -0.05) is 35.1 Å². The highest BCUT2D eigenvalue weighted by atomic mass is 35.5. The van der Waals surface area contributed by atoms with E-state index in [1.165, 1.54) is 21.9 Å². The van der Waals surface area contributed by atoms with Crippen molar-refractivity contribution in [2.24, 2.45) is 5.92 Å². The van der Waals surface area contributed by atoms with Crippen LogP contribution in [0.5, 0.6) is 0 Å². The number of carbonyl (C=O) groups excluding carboxylic acids is 1. The van der Waals surface area contributed by atoms with Gasteiger partial charge in [0, 0.05) is 36.4 Å². The van der Waals surface area contributed by atoms with Gasteiger partial charge in [-0.2, -0.15) is 4.52 Å². The third kappa shape index (κ3) is 4.02. The number of amides is 1. The molecule has 7 nitrogen and oxygen atoms in total. The van der Waals surface area contributed by atoms with Crippen molar-refractivity contribution < 1.29 is 4.79 Å².